The number of morpholine rings is 1. The largest absolute Gasteiger partial charge is 0.369 e. The van der Waals surface area contributed by atoms with E-state index in [4.69, 9.17) is 4.74 Å². The van der Waals surface area contributed by atoms with Gasteiger partial charge in [-0.1, -0.05) is 6.92 Å². The molecule has 0 aromatic carbocycles. The Hall–Kier alpha value is -1.13. The highest BCUT2D eigenvalue weighted by Gasteiger charge is 2.32. The standard InChI is InChI=1S/C16H27N3O/c1-6-17-8-14-9-18-12(2)7-15(14)19-10-13(3)20-16(4,5)11-19/h7,9,13,17H,6,8,10-11H2,1-5H3. The molecule has 4 heteroatoms. The van der Waals surface area contributed by atoms with E-state index in [0.717, 1.165) is 31.9 Å². The number of hydrogen-bond donors (Lipinski definition) is 1. The van der Waals surface area contributed by atoms with E-state index in [0.29, 0.717) is 0 Å². The van der Waals surface area contributed by atoms with Crippen LogP contribution in [-0.4, -0.2) is 36.3 Å². The molecule has 2 heterocycles. The van der Waals surface area contributed by atoms with Crippen molar-refractivity contribution in [3.63, 3.8) is 0 Å². The molecule has 0 amide bonds. The molecule has 1 unspecified atom stereocenters. The smallest absolute Gasteiger partial charge is 0.0805 e. The van der Waals surface area contributed by atoms with Crippen LogP contribution in [0.1, 0.15) is 39.0 Å². The molecule has 1 aliphatic heterocycles. The van der Waals surface area contributed by atoms with E-state index in [1.165, 1.54) is 11.3 Å². The molecule has 1 saturated heterocycles. The van der Waals surface area contributed by atoms with E-state index in [1.807, 2.05) is 6.20 Å². The van der Waals surface area contributed by atoms with Gasteiger partial charge in [-0.05, 0) is 40.3 Å². The van der Waals surface area contributed by atoms with Crippen molar-refractivity contribution >= 4 is 5.69 Å². The molecule has 1 N–H and O–H groups in total. The molecule has 0 spiro atoms. The number of pyridine rings is 1. The van der Waals surface area contributed by atoms with E-state index in [2.05, 4.69) is 55.9 Å². The van der Waals surface area contributed by atoms with Crippen LogP contribution in [0.5, 0.6) is 0 Å². The first-order chi connectivity index (χ1) is 9.41. The molecule has 2 rings (SSSR count). The third-order valence-electron chi connectivity index (χ3n) is 3.57. The van der Waals surface area contributed by atoms with Gasteiger partial charge in [-0.3, -0.25) is 4.98 Å². The van der Waals surface area contributed by atoms with E-state index in [9.17, 15) is 0 Å². The van der Waals surface area contributed by atoms with Crippen molar-refractivity contribution in [1.29, 1.82) is 0 Å². The molecule has 4 nitrogen and oxygen atoms in total. The maximum atomic E-state index is 6.00. The summed E-state index contributed by atoms with van der Waals surface area (Å²) in [5, 5.41) is 3.40. The van der Waals surface area contributed by atoms with E-state index in [-0.39, 0.29) is 11.7 Å². The summed E-state index contributed by atoms with van der Waals surface area (Å²) in [5.74, 6) is 0. The van der Waals surface area contributed by atoms with Crippen molar-refractivity contribution in [2.75, 3.05) is 24.5 Å². The fourth-order valence-corrected chi connectivity index (χ4v) is 2.90. The second-order valence-corrected chi connectivity index (χ2v) is 6.30. The Kier molecular flexibility index (Phi) is 4.66. The third kappa shape index (κ3) is 3.70. The van der Waals surface area contributed by atoms with Crippen LogP contribution in [0.3, 0.4) is 0 Å². The highest BCUT2D eigenvalue weighted by atomic mass is 16.5. The number of nitrogens with one attached hydrogen (secondary N) is 1. The molecule has 1 aromatic rings. The van der Waals surface area contributed by atoms with Crippen molar-refractivity contribution in [3.8, 4) is 0 Å². The number of hydrogen-bond acceptors (Lipinski definition) is 4. The average Bonchev–Trinajstić information content (AvgIpc) is 2.35. The molecular formula is C16H27N3O. The molecule has 1 aliphatic rings. The second kappa shape index (κ2) is 6.10. The molecule has 1 aromatic heterocycles. The summed E-state index contributed by atoms with van der Waals surface area (Å²) >= 11 is 0. The normalized spacial score (nSPS) is 22.1. The van der Waals surface area contributed by atoms with Crippen molar-refractivity contribution in [2.24, 2.45) is 0 Å². The zero-order valence-corrected chi connectivity index (χ0v) is 13.4. The summed E-state index contributed by atoms with van der Waals surface area (Å²) in [4.78, 5) is 6.88. The Balaban J connectivity index is 2.27. The highest BCUT2D eigenvalue weighted by Crippen LogP contribution is 2.28. The van der Waals surface area contributed by atoms with Crippen molar-refractivity contribution in [2.45, 2.75) is 52.9 Å². The van der Waals surface area contributed by atoms with E-state index >= 15 is 0 Å². The van der Waals surface area contributed by atoms with Gasteiger partial charge >= 0.3 is 0 Å². The van der Waals surface area contributed by atoms with Gasteiger partial charge in [0.25, 0.3) is 0 Å². The van der Waals surface area contributed by atoms with Gasteiger partial charge in [-0.25, -0.2) is 0 Å². The maximum Gasteiger partial charge on any atom is 0.0805 e. The van der Waals surface area contributed by atoms with E-state index in [1.54, 1.807) is 0 Å². The zero-order valence-electron chi connectivity index (χ0n) is 13.4. The lowest BCUT2D eigenvalue weighted by molar-refractivity contribution is -0.0750. The Bertz CT molecular complexity index is 459. The minimum absolute atomic E-state index is 0.107. The first-order valence-electron chi connectivity index (χ1n) is 7.50. The van der Waals surface area contributed by atoms with Crippen molar-refractivity contribution in [1.82, 2.24) is 10.3 Å². The van der Waals surface area contributed by atoms with Gasteiger partial charge in [0.2, 0.25) is 0 Å². The zero-order chi connectivity index (χ0) is 14.8. The number of anilines is 1. The summed E-state index contributed by atoms with van der Waals surface area (Å²) in [6.07, 6.45) is 2.25. The lowest BCUT2D eigenvalue weighted by Crippen LogP contribution is -2.52. The molecule has 0 bridgehead atoms. The first-order valence-corrected chi connectivity index (χ1v) is 7.50. The van der Waals surface area contributed by atoms with Gasteiger partial charge in [0.1, 0.15) is 0 Å². The van der Waals surface area contributed by atoms with Crippen LogP contribution in [0.2, 0.25) is 0 Å². The molecular weight excluding hydrogens is 250 g/mol. The summed E-state index contributed by atoms with van der Waals surface area (Å²) < 4.78 is 6.00. The van der Waals surface area contributed by atoms with Crippen molar-refractivity contribution < 1.29 is 4.74 Å². The molecule has 20 heavy (non-hydrogen) atoms. The van der Waals surface area contributed by atoms with E-state index < -0.39 is 0 Å². The quantitative estimate of drug-likeness (QED) is 0.917. The predicted molar refractivity (Wildman–Crippen MR) is 83.2 cm³/mol. The summed E-state index contributed by atoms with van der Waals surface area (Å²) in [5.41, 5.74) is 3.52. The van der Waals surface area contributed by atoms with Gasteiger partial charge in [0, 0.05) is 42.8 Å². The summed E-state index contributed by atoms with van der Waals surface area (Å²) in [6.45, 7) is 14.3. The van der Waals surface area contributed by atoms with Crippen LogP contribution in [0.25, 0.3) is 0 Å². The molecule has 112 valence electrons. The lowest BCUT2D eigenvalue weighted by atomic mass is 10.0. The third-order valence-corrected chi connectivity index (χ3v) is 3.57. The molecule has 0 radical (unpaired) electrons. The van der Waals surface area contributed by atoms with Crippen LogP contribution in [0.15, 0.2) is 12.3 Å². The molecule has 0 saturated carbocycles. The number of aryl methyl sites for hydroxylation is 1. The Morgan fingerprint density at radius 1 is 1.50 bits per heavy atom. The summed E-state index contributed by atoms with van der Waals surface area (Å²) in [7, 11) is 0. The Labute approximate surface area is 122 Å². The number of ether oxygens (including phenoxy) is 1. The molecule has 1 atom stereocenters. The predicted octanol–water partition coefficient (Wildman–Crippen LogP) is 2.50. The second-order valence-electron chi connectivity index (χ2n) is 6.30. The fourth-order valence-electron chi connectivity index (χ4n) is 2.90. The Morgan fingerprint density at radius 3 is 2.90 bits per heavy atom. The maximum absolute atomic E-state index is 6.00. The van der Waals surface area contributed by atoms with Crippen LogP contribution in [-0.2, 0) is 11.3 Å². The van der Waals surface area contributed by atoms with Gasteiger partial charge in [0.15, 0.2) is 0 Å². The lowest BCUT2D eigenvalue weighted by Gasteiger charge is -2.43. The molecule has 1 fully saturated rings. The average molecular weight is 277 g/mol. The van der Waals surface area contributed by atoms with Crippen molar-refractivity contribution in [3.05, 3.63) is 23.5 Å². The minimum atomic E-state index is -0.107. The topological polar surface area (TPSA) is 37.4 Å². The van der Waals surface area contributed by atoms with Gasteiger partial charge in [-0.15, -0.1) is 0 Å². The van der Waals surface area contributed by atoms with Gasteiger partial charge in [-0.2, -0.15) is 0 Å². The van der Waals surface area contributed by atoms with Gasteiger partial charge < -0.3 is 15.0 Å². The first kappa shape index (κ1) is 15.3. The number of rotatable bonds is 4. The highest BCUT2D eigenvalue weighted by molar-refractivity contribution is 5.54. The number of aromatic nitrogens is 1. The SMILES string of the molecule is CCNCc1cnc(C)cc1N1CC(C)OC(C)(C)C1. The van der Waals surface area contributed by atoms with Crippen LogP contribution < -0.4 is 10.2 Å². The number of nitrogens with zero attached hydrogens (tertiary/aromatic N) is 2. The van der Waals surface area contributed by atoms with Crippen LogP contribution in [0, 0.1) is 6.92 Å². The van der Waals surface area contributed by atoms with Crippen LogP contribution in [0.4, 0.5) is 5.69 Å². The van der Waals surface area contributed by atoms with Gasteiger partial charge in [0.05, 0.1) is 11.7 Å². The fraction of sp³-hybridized carbons (Fsp3) is 0.688. The molecule has 0 aliphatic carbocycles. The van der Waals surface area contributed by atoms with Crippen LogP contribution >= 0.6 is 0 Å². The minimum Gasteiger partial charge on any atom is -0.369 e. The Morgan fingerprint density at radius 2 is 2.25 bits per heavy atom. The monoisotopic (exact) mass is 277 g/mol. The summed E-state index contributed by atoms with van der Waals surface area (Å²) in [6, 6.07) is 2.20.